The van der Waals surface area contributed by atoms with Crippen LogP contribution in [0.2, 0.25) is 0 Å². The van der Waals surface area contributed by atoms with Crippen LogP contribution in [-0.4, -0.2) is 128 Å². The van der Waals surface area contributed by atoms with Crippen molar-refractivity contribution >= 4 is 54.0 Å². The van der Waals surface area contributed by atoms with Crippen LogP contribution in [0.4, 0.5) is 0 Å². The SMILES string of the molecule is CC1NC(=O)C(CCCCN)NC(=O)C(CCCCN)NC(=O)C(CC2C=NC=N2)NC(=O)C(CCCN=C(N)N)NC(=O)C(CO)NC1=O. The second-order valence-corrected chi connectivity index (χ2v) is 12.1. The minimum absolute atomic E-state index is 0.0000480. The fourth-order valence-corrected chi connectivity index (χ4v) is 5.15. The van der Waals surface area contributed by atoms with E-state index in [9.17, 15) is 33.9 Å². The third-order valence-electron chi connectivity index (χ3n) is 8.00. The van der Waals surface area contributed by atoms with Gasteiger partial charge in [-0.1, -0.05) is 0 Å². The van der Waals surface area contributed by atoms with Crippen LogP contribution in [0.1, 0.15) is 64.7 Å². The number of rotatable bonds is 15. The minimum atomic E-state index is -1.51. The number of aliphatic hydroxyl groups is 1. The lowest BCUT2D eigenvalue weighted by atomic mass is 10.0. The molecule has 0 aromatic carbocycles. The molecule has 15 N–H and O–H groups in total. The first kappa shape index (κ1) is 41.5. The van der Waals surface area contributed by atoms with Gasteiger partial charge in [0.05, 0.1) is 12.6 Å². The molecule has 0 spiro atoms. The summed E-state index contributed by atoms with van der Waals surface area (Å²) in [5.41, 5.74) is 22.1. The highest BCUT2D eigenvalue weighted by molar-refractivity contribution is 5.98. The van der Waals surface area contributed by atoms with Crippen LogP contribution in [0.25, 0.3) is 0 Å². The molecule has 7 atom stereocenters. The number of hydrogen-bond donors (Lipinski definition) is 11. The van der Waals surface area contributed by atoms with Crippen LogP contribution in [0.5, 0.6) is 0 Å². The summed E-state index contributed by atoms with van der Waals surface area (Å²) in [6, 6.07) is -8.03. The van der Waals surface area contributed by atoms with Crippen molar-refractivity contribution in [2.45, 2.75) is 107 Å². The summed E-state index contributed by atoms with van der Waals surface area (Å²) in [6.07, 6.45) is 5.37. The summed E-state index contributed by atoms with van der Waals surface area (Å²) in [5.74, 6) is -4.70. The van der Waals surface area contributed by atoms with E-state index in [4.69, 9.17) is 22.9 Å². The highest BCUT2D eigenvalue weighted by Crippen LogP contribution is 2.11. The molecule has 7 unspecified atom stereocenters. The quantitative estimate of drug-likeness (QED) is 0.0435. The van der Waals surface area contributed by atoms with E-state index in [-0.39, 0.29) is 44.6 Å². The van der Waals surface area contributed by atoms with Gasteiger partial charge in [-0.2, -0.15) is 0 Å². The highest BCUT2D eigenvalue weighted by atomic mass is 16.3. The number of aliphatic imine (C=N–C) groups is 3. The first-order valence-electron chi connectivity index (χ1n) is 16.8. The monoisotopic (exact) mass is 707 g/mol. The molecule has 20 nitrogen and oxygen atoms in total. The molecule has 0 aromatic rings. The molecular formula is C30H53N13O7. The Bertz CT molecular complexity index is 1250. The maximum absolute atomic E-state index is 13.8. The Labute approximate surface area is 290 Å². The van der Waals surface area contributed by atoms with Gasteiger partial charge in [0.1, 0.15) is 42.6 Å². The molecule has 1 fully saturated rings. The zero-order valence-electron chi connectivity index (χ0n) is 28.4. The van der Waals surface area contributed by atoms with E-state index >= 15 is 0 Å². The van der Waals surface area contributed by atoms with Crippen molar-refractivity contribution in [1.82, 2.24) is 31.9 Å². The number of carbonyl (C=O) groups excluding carboxylic acids is 6. The fourth-order valence-electron chi connectivity index (χ4n) is 5.15. The van der Waals surface area contributed by atoms with E-state index in [1.165, 1.54) is 19.5 Å². The Balaban J connectivity index is 2.53. The van der Waals surface area contributed by atoms with Crippen molar-refractivity contribution in [3.05, 3.63) is 0 Å². The highest BCUT2D eigenvalue weighted by Gasteiger charge is 2.34. The van der Waals surface area contributed by atoms with Gasteiger partial charge in [0.25, 0.3) is 0 Å². The number of hydrogen-bond acceptors (Lipinski definition) is 12. The normalized spacial score (nSPS) is 26.8. The number of carbonyl (C=O) groups is 6. The minimum Gasteiger partial charge on any atom is -0.394 e. The summed E-state index contributed by atoms with van der Waals surface area (Å²) in [5, 5.41) is 25.5. The largest absolute Gasteiger partial charge is 0.394 e. The van der Waals surface area contributed by atoms with Gasteiger partial charge in [-0.05, 0) is 71.4 Å². The Morgan fingerprint density at radius 1 is 0.680 bits per heavy atom. The topological polar surface area (TPSA) is 336 Å². The predicted molar refractivity (Wildman–Crippen MR) is 185 cm³/mol. The van der Waals surface area contributed by atoms with E-state index in [0.717, 1.165) is 0 Å². The van der Waals surface area contributed by atoms with Gasteiger partial charge in [-0.15, -0.1) is 0 Å². The Kier molecular flexibility index (Phi) is 18.3. The van der Waals surface area contributed by atoms with Crippen LogP contribution in [-0.2, 0) is 28.8 Å². The van der Waals surface area contributed by atoms with E-state index in [1.807, 2.05) is 0 Å². The Morgan fingerprint density at radius 3 is 1.62 bits per heavy atom. The number of guanidine groups is 1. The van der Waals surface area contributed by atoms with Crippen molar-refractivity contribution in [3.8, 4) is 0 Å². The lowest BCUT2D eigenvalue weighted by molar-refractivity contribution is -0.137. The fraction of sp³-hybridized carbons (Fsp3) is 0.700. The van der Waals surface area contributed by atoms with Gasteiger partial charge in [-0.25, -0.2) is 4.99 Å². The molecule has 2 rings (SSSR count). The van der Waals surface area contributed by atoms with Gasteiger partial charge in [0, 0.05) is 19.2 Å². The molecule has 1 saturated heterocycles. The molecule has 2 aliphatic heterocycles. The van der Waals surface area contributed by atoms with Gasteiger partial charge >= 0.3 is 0 Å². The molecule has 20 heteroatoms. The summed E-state index contributed by atoms with van der Waals surface area (Å²) in [7, 11) is 0. The van der Waals surface area contributed by atoms with Crippen LogP contribution in [0, 0.1) is 0 Å². The molecule has 6 amide bonds. The lowest BCUT2D eigenvalue weighted by Crippen LogP contribution is -2.61. The molecule has 0 saturated carbocycles. The van der Waals surface area contributed by atoms with E-state index in [1.54, 1.807) is 0 Å². The number of nitrogens with two attached hydrogens (primary N) is 4. The van der Waals surface area contributed by atoms with Gasteiger partial charge in [0.2, 0.25) is 35.4 Å². The first-order chi connectivity index (χ1) is 23.9. The zero-order valence-corrected chi connectivity index (χ0v) is 28.4. The first-order valence-corrected chi connectivity index (χ1v) is 16.8. The van der Waals surface area contributed by atoms with Crippen molar-refractivity contribution in [3.63, 3.8) is 0 Å². The van der Waals surface area contributed by atoms with Crippen molar-refractivity contribution in [1.29, 1.82) is 0 Å². The molecule has 0 aliphatic carbocycles. The number of nitrogens with zero attached hydrogens (tertiary/aromatic N) is 3. The molecule has 0 bridgehead atoms. The van der Waals surface area contributed by atoms with E-state index in [0.29, 0.717) is 38.8 Å². The average Bonchev–Trinajstić information content (AvgIpc) is 3.59. The summed E-state index contributed by atoms with van der Waals surface area (Å²) in [6.45, 7) is 1.34. The smallest absolute Gasteiger partial charge is 0.245 e. The molecule has 2 aliphatic rings. The molecule has 0 radical (unpaired) electrons. The van der Waals surface area contributed by atoms with Crippen LogP contribution in [0.3, 0.4) is 0 Å². The summed E-state index contributed by atoms with van der Waals surface area (Å²) < 4.78 is 0. The van der Waals surface area contributed by atoms with E-state index in [2.05, 4.69) is 46.9 Å². The number of unbranched alkanes of at least 4 members (excludes halogenated alkanes) is 2. The van der Waals surface area contributed by atoms with Crippen LogP contribution >= 0.6 is 0 Å². The maximum Gasteiger partial charge on any atom is 0.245 e. The number of aliphatic hydroxyl groups excluding tert-OH is 1. The molecular weight excluding hydrogens is 654 g/mol. The van der Waals surface area contributed by atoms with Crippen molar-refractivity contribution in [2.75, 3.05) is 26.2 Å². The second-order valence-electron chi connectivity index (χ2n) is 12.1. The van der Waals surface area contributed by atoms with Gasteiger partial charge in [0.15, 0.2) is 5.96 Å². The maximum atomic E-state index is 13.8. The number of amides is 6. The molecule has 50 heavy (non-hydrogen) atoms. The molecule has 0 aromatic heterocycles. The third kappa shape index (κ3) is 14.4. The van der Waals surface area contributed by atoms with Crippen molar-refractivity contribution < 1.29 is 33.9 Å². The van der Waals surface area contributed by atoms with Crippen LogP contribution in [0.15, 0.2) is 15.0 Å². The third-order valence-corrected chi connectivity index (χ3v) is 8.00. The number of nitrogens with one attached hydrogen (secondary N) is 6. The zero-order chi connectivity index (χ0) is 37.1. The Morgan fingerprint density at radius 2 is 1.14 bits per heavy atom. The lowest BCUT2D eigenvalue weighted by Gasteiger charge is -2.28. The standard InChI is InChI=1S/C30H53N13O7/c1-17-24(45)43-23(15-44)29(50)41-21(9-6-12-36-30(33)34)27(48)42-22(13-18-14-35-16-37-18)28(49)40-20(8-3-5-11-32)26(47)39-19(25(46)38-17)7-2-4-10-31/h14,16-23,44H,2-13,15,31-32H2,1H3,(H,38,46)(H,39,47)(H,40,49)(H,41,50)(H,42,48)(H,43,45)(H4,33,34,36). The molecule has 2 heterocycles. The van der Waals surface area contributed by atoms with Gasteiger partial charge < -0.3 is 59.9 Å². The average molecular weight is 708 g/mol. The van der Waals surface area contributed by atoms with Crippen LogP contribution < -0.4 is 54.8 Å². The predicted octanol–water partition coefficient (Wildman–Crippen LogP) is -4.90. The van der Waals surface area contributed by atoms with Crippen molar-refractivity contribution in [2.24, 2.45) is 37.9 Å². The van der Waals surface area contributed by atoms with Gasteiger partial charge in [-0.3, -0.25) is 38.8 Å². The molecule has 280 valence electrons. The van der Waals surface area contributed by atoms with E-state index < -0.39 is 84.3 Å². The Hall–Kier alpha value is -4.69. The summed E-state index contributed by atoms with van der Waals surface area (Å²) in [4.78, 5) is 92.9. The second kappa shape index (κ2) is 22.1. The summed E-state index contributed by atoms with van der Waals surface area (Å²) >= 11 is 0.